The monoisotopic (exact) mass is 257 g/mol. The van der Waals surface area contributed by atoms with E-state index in [1.165, 1.54) is 11.6 Å². The van der Waals surface area contributed by atoms with Gasteiger partial charge in [0.2, 0.25) is 0 Å². The van der Waals surface area contributed by atoms with Gasteiger partial charge in [0.25, 0.3) is 0 Å². The van der Waals surface area contributed by atoms with Gasteiger partial charge in [-0.25, -0.2) is 4.39 Å². The third-order valence-electron chi connectivity index (χ3n) is 3.47. The molecule has 0 aliphatic carbocycles. The highest BCUT2D eigenvalue weighted by Crippen LogP contribution is 2.23. The largest absolute Gasteiger partial charge is 0.317 e. The van der Waals surface area contributed by atoms with Crippen molar-refractivity contribution < 1.29 is 4.39 Å². The van der Waals surface area contributed by atoms with Crippen LogP contribution in [-0.4, -0.2) is 13.1 Å². The minimum atomic E-state index is -0.164. The van der Waals surface area contributed by atoms with Crippen LogP contribution in [0, 0.1) is 5.82 Å². The lowest BCUT2D eigenvalue weighted by Gasteiger charge is -2.11. The molecule has 2 aromatic rings. The molecule has 0 saturated heterocycles. The predicted molar refractivity (Wildman–Crippen MR) is 78.7 cm³/mol. The molecule has 0 spiro atoms. The van der Waals surface area contributed by atoms with E-state index in [-0.39, 0.29) is 5.82 Å². The van der Waals surface area contributed by atoms with Gasteiger partial charge in [0.1, 0.15) is 5.82 Å². The van der Waals surface area contributed by atoms with Gasteiger partial charge in [-0.1, -0.05) is 42.5 Å². The Hall–Kier alpha value is -1.67. The molecule has 1 unspecified atom stereocenters. The van der Waals surface area contributed by atoms with E-state index < -0.39 is 0 Å². The summed E-state index contributed by atoms with van der Waals surface area (Å²) < 4.78 is 13.8. The Kier molecular flexibility index (Phi) is 4.69. The molecular formula is C17H20FN. The first-order valence-electron chi connectivity index (χ1n) is 6.72. The molecule has 2 aromatic carbocycles. The van der Waals surface area contributed by atoms with Crippen LogP contribution in [0.25, 0.3) is 11.1 Å². The maximum atomic E-state index is 13.8. The van der Waals surface area contributed by atoms with Crippen LogP contribution in [0.15, 0.2) is 48.5 Å². The molecule has 0 bridgehead atoms. The van der Waals surface area contributed by atoms with Crippen LogP contribution in [-0.2, 0) is 6.42 Å². The standard InChI is InChI=1S/C17H20FN/c1-13(19-2)10-11-14-6-5-7-15(12-14)16-8-3-4-9-17(16)18/h3-9,12-13,19H,10-11H2,1-2H3. The van der Waals surface area contributed by atoms with E-state index in [0.29, 0.717) is 11.6 Å². The highest BCUT2D eigenvalue weighted by molar-refractivity contribution is 5.64. The smallest absolute Gasteiger partial charge is 0.131 e. The Morgan fingerprint density at radius 3 is 2.63 bits per heavy atom. The predicted octanol–water partition coefficient (Wildman–Crippen LogP) is 4.03. The summed E-state index contributed by atoms with van der Waals surface area (Å²) in [5, 5.41) is 3.23. The summed E-state index contributed by atoms with van der Waals surface area (Å²) in [6, 6.07) is 15.6. The third-order valence-corrected chi connectivity index (χ3v) is 3.47. The van der Waals surface area contributed by atoms with E-state index in [4.69, 9.17) is 0 Å². The summed E-state index contributed by atoms with van der Waals surface area (Å²) in [4.78, 5) is 0. The molecule has 0 fully saturated rings. The number of aryl methyl sites for hydroxylation is 1. The van der Waals surface area contributed by atoms with Crippen LogP contribution in [0.1, 0.15) is 18.9 Å². The van der Waals surface area contributed by atoms with Gasteiger partial charge in [-0.05, 0) is 44.0 Å². The minimum absolute atomic E-state index is 0.164. The maximum absolute atomic E-state index is 13.8. The van der Waals surface area contributed by atoms with Gasteiger partial charge in [0.05, 0.1) is 0 Å². The lowest BCUT2D eigenvalue weighted by Crippen LogP contribution is -2.21. The molecule has 1 N–H and O–H groups in total. The Bertz CT molecular complexity index is 536. The van der Waals surface area contributed by atoms with Crippen molar-refractivity contribution in [3.05, 3.63) is 59.9 Å². The number of benzene rings is 2. The van der Waals surface area contributed by atoms with Crippen LogP contribution >= 0.6 is 0 Å². The number of halogens is 1. The third kappa shape index (κ3) is 3.65. The van der Waals surface area contributed by atoms with Crippen LogP contribution in [0.3, 0.4) is 0 Å². The van der Waals surface area contributed by atoms with E-state index >= 15 is 0 Å². The van der Waals surface area contributed by atoms with Crippen LogP contribution < -0.4 is 5.32 Å². The number of hydrogen-bond acceptors (Lipinski definition) is 1. The topological polar surface area (TPSA) is 12.0 Å². The molecule has 1 atom stereocenters. The van der Waals surface area contributed by atoms with Gasteiger partial charge in [0, 0.05) is 11.6 Å². The second-order valence-corrected chi connectivity index (χ2v) is 4.91. The van der Waals surface area contributed by atoms with E-state index in [1.54, 1.807) is 6.07 Å². The van der Waals surface area contributed by atoms with Crippen molar-refractivity contribution in [1.29, 1.82) is 0 Å². The Balaban J connectivity index is 2.18. The maximum Gasteiger partial charge on any atom is 0.131 e. The van der Waals surface area contributed by atoms with E-state index in [2.05, 4.69) is 24.4 Å². The van der Waals surface area contributed by atoms with E-state index in [0.717, 1.165) is 18.4 Å². The van der Waals surface area contributed by atoms with Gasteiger partial charge >= 0.3 is 0 Å². The molecule has 0 saturated carbocycles. The summed E-state index contributed by atoms with van der Waals surface area (Å²) in [6.07, 6.45) is 2.08. The first-order chi connectivity index (χ1) is 9.20. The Morgan fingerprint density at radius 1 is 1.11 bits per heavy atom. The fraction of sp³-hybridized carbons (Fsp3) is 0.294. The van der Waals surface area contributed by atoms with Gasteiger partial charge in [-0.15, -0.1) is 0 Å². The molecule has 1 nitrogen and oxygen atoms in total. The minimum Gasteiger partial charge on any atom is -0.317 e. The molecule has 100 valence electrons. The zero-order valence-corrected chi connectivity index (χ0v) is 11.5. The van der Waals surface area contributed by atoms with Crippen molar-refractivity contribution in [2.75, 3.05) is 7.05 Å². The molecule has 0 aliphatic heterocycles. The zero-order chi connectivity index (χ0) is 13.7. The van der Waals surface area contributed by atoms with Crippen LogP contribution in [0.2, 0.25) is 0 Å². The summed E-state index contributed by atoms with van der Waals surface area (Å²) in [5.74, 6) is -0.164. The average molecular weight is 257 g/mol. The van der Waals surface area contributed by atoms with Crippen molar-refractivity contribution >= 4 is 0 Å². The second kappa shape index (κ2) is 6.48. The Morgan fingerprint density at radius 2 is 1.89 bits per heavy atom. The summed E-state index contributed by atoms with van der Waals surface area (Å²) in [6.45, 7) is 2.17. The molecule has 0 aliphatic rings. The second-order valence-electron chi connectivity index (χ2n) is 4.91. The number of nitrogens with one attached hydrogen (secondary N) is 1. The average Bonchev–Trinajstić information content (AvgIpc) is 2.45. The molecule has 0 amide bonds. The van der Waals surface area contributed by atoms with Crippen LogP contribution in [0.5, 0.6) is 0 Å². The fourth-order valence-electron chi connectivity index (χ4n) is 2.12. The highest BCUT2D eigenvalue weighted by Gasteiger charge is 2.05. The molecule has 2 rings (SSSR count). The van der Waals surface area contributed by atoms with Crippen molar-refractivity contribution in [2.45, 2.75) is 25.8 Å². The summed E-state index contributed by atoms with van der Waals surface area (Å²) in [7, 11) is 1.97. The molecule has 0 aromatic heterocycles. The Labute approximate surface area is 114 Å². The lowest BCUT2D eigenvalue weighted by molar-refractivity contribution is 0.565. The van der Waals surface area contributed by atoms with Crippen molar-refractivity contribution in [2.24, 2.45) is 0 Å². The van der Waals surface area contributed by atoms with Gasteiger partial charge < -0.3 is 5.32 Å². The highest BCUT2D eigenvalue weighted by atomic mass is 19.1. The van der Waals surface area contributed by atoms with Crippen LogP contribution in [0.4, 0.5) is 4.39 Å². The van der Waals surface area contributed by atoms with Gasteiger partial charge in [0.15, 0.2) is 0 Å². The summed E-state index contributed by atoms with van der Waals surface area (Å²) >= 11 is 0. The molecule has 2 heteroatoms. The molecular weight excluding hydrogens is 237 g/mol. The molecule has 19 heavy (non-hydrogen) atoms. The van der Waals surface area contributed by atoms with Gasteiger partial charge in [-0.2, -0.15) is 0 Å². The number of hydrogen-bond donors (Lipinski definition) is 1. The van der Waals surface area contributed by atoms with Crippen molar-refractivity contribution in [1.82, 2.24) is 5.32 Å². The van der Waals surface area contributed by atoms with E-state index in [1.807, 2.05) is 31.3 Å². The number of rotatable bonds is 5. The molecule has 0 radical (unpaired) electrons. The first-order valence-corrected chi connectivity index (χ1v) is 6.72. The fourth-order valence-corrected chi connectivity index (χ4v) is 2.12. The normalized spacial score (nSPS) is 12.4. The zero-order valence-electron chi connectivity index (χ0n) is 11.5. The lowest BCUT2D eigenvalue weighted by atomic mass is 9.99. The first kappa shape index (κ1) is 13.8. The van der Waals surface area contributed by atoms with Crippen molar-refractivity contribution in [3.8, 4) is 11.1 Å². The summed E-state index contributed by atoms with van der Waals surface area (Å²) in [5.41, 5.74) is 2.88. The molecule has 0 heterocycles. The van der Waals surface area contributed by atoms with E-state index in [9.17, 15) is 4.39 Å². The van der Waals surface area contributed by atoms with Crippen molar-refractivity contribution in [3.63, 3.8) is 0 Å². The SMILES string of the molecule is CNC(C)CCc1cccc(-c2ccccc2F)c1. The quantitative estimate of drug-likeness (QED) is 0.852. The van der Waals surface area contributed by atoms with Gasteiger partial charge in [-0.3, -0.25) is 0 Å².